The number of nitrogens with zero attached hydrogens (tertiary/aromatic N) is 2. The Morgan fingerprint density at radius 2 is 1.74 bits per heavy atom. The zero-order valence-electron chi connectivity index (χ0n) is 20.4. The van der Waals surface area contributed by atoms with Crippen LogP contribution < -0.4 is 16.0 Å². The molecule has 39 heavy (non-hydrogen) atoms. The number of hydrogen-bond acceptors (Lipinski definition) is 6. The molecule has 1 aliphatic rings. The smallest absolute Gasteiger partial charge is 0.365 e. The molecule has 0 bridgehead atoms. The summed E-state index contributed by atoms with van der Waals surface area (Å²) >= 11 is 0. The lowest BCUT2D eigenvalue weighted by molar-refractivity contribution is -0.390. The molecule has 2 aromatic heterocycles. The van der Waals surface area contributed by atoms with E-state index in [4.69, 9.17) is 4.74 Å². The first kappa shape index (κ1) is 28.3. The summed E-state index contributed by atoms with van der Waals surface area (Å²) in [4.78, 5) is 21.1. The van der Waals surface area contributed by atoms with Crippen LogP contribution in [0.4, 0.5) is 37.8 Å². The van der Waals surface area contributed by atoms with Crippen molar-refractivity contribution in [2.75, 3.05) is 23.8 Å². The maximum atomic E-state index is 14.2. The van der Waals surface area contributed by atoms with E-state index in [0.717, 1.165) is 11.6 Å². The molecule has 3 N–H and O–H groups in total. The van der Waals surface area contributed by atoms with Crippen LogP contribution in [0.1, 0.15) is 34.3 Å². The van der Waals surface area contributed by atoms with Crippen LogP contribution in [-0.4, -0.2) is 47.4 Å². The van der Waals surface area contributed by atoms with Gasteiger partial charge in [-0.25, -0.2) is 4.98 Å². The van der Waals surface area contributed by atoms with Crippen LogP contribution >= 0.6 is 0 Å². The Balaban J connectivity index is 1.60. The predicted molar refractivity (Wildman–Crippen MR) is 131 cm³/mol. The van der Waals surface area contributed by atoms with E-state index in [0.29, 0.717) is 38.1 Å². The third-order valence-corrected chi connectivity index (χ3v) is 6.25. The first-order chi connectivity index (χ1) is 18.5. The molecule has 0 aliphatic carbocycles. The van der Waals surface area contributed by atoms with Crippen molar-refractivity contribution in [1.29, 1.82) is 0 Å². The fraction of sp³-hybridized carbons (Fsp3) is 0.346. The molecule has 4 rings (SSSR count). The molecule has 1 aliphatic heterocycles. The van der Waals surface area contributed by atoms with Crippen molar-refractivity contribution in [3.05, 3.63) is 83.8 Å². The van der Waals surface area contributed by atoms with E-state index in [1.807, 2.05) is 0 Å². The number of halogens is 6. The number of pyridine rings is 2. The molecule has 7 nitrogen and oxygen atoms in total. The molecule has 1 atom stereocenters. The van der Waals surface area contributed by atoms with Gasteiger partial charge in [0.1, 0.15) is 5.82 Å². The molecule has 3 aromatic rings. The first-order valence-electron chi connectivity index (χ1n) is 12.0. The first-order valence-corrected chi connectivity index (χ1v) is 12.0. The Morgan fingerprint density at radius 1 is 1.00 bits per heavy atom. The van der Waals surface area contributed by atoms with Crippen LogP contribution in [0.5, 0.6) is 0 Å². The van der Waals surface area contributed by atoms with Gasteiger partial charge in [0.25, 0.3) is 11.5 Å². The van der Waals surface area contributed by atoms with Crippen LogP contribution in [0.2, 0.25) is 0 Å². The number of nitrogens with one attached hydrogen (secondary N) is 3. The number of hydrogen-bond donors (Lipinski definition) is 3. The second kappa shape index (κ2) is 11.6. The Bertz CT molecular complexity index is 1250. The van der Waals surface area contributed by atoms with Gasteiger partial charge in [0.15, 0.2) is 0 Å². The monoisotopic (exact) mass is 553 g/mol. The average molecular weight is 554 g/mol. The van der Waals surface area contributed by atoms with Crippen molar-refractivity contribution in [2.24, 2.45) is 0 Å². The number of ether oxygens (including phenoxy) is 1. The highest BCUT2D eigenvalue weighted by molar-refractivity contribution is 6.07. The summed E-state index contributed by atoms with van der Waals surface area (Å²) in [5.41, 5.74) is -5.17. The van der Waals surface area contributed by atoms with E-state index < -0.39 is 42.1 Å². The summed E-state index contributed by atoms with van der Waals surface area (Å²) in [6.07, 6.45) is -6.04. The summed E-state index contributed by atoms with van der Waals surface area (Å²) in [6.45, 7) is -0.0195. The van der Waals surface area contributed by atoms with Gasteiger partial charge in [-0.2, -0.15) is 26.3 Å². The number of alkyl halides is 6. The zero-order chi connectivity index (χ0) is 28.1. The highest BCUT2D eigenvalue weighted by atomic mass is 19.4. The third-order valence-electron chi connectivity index (χ3n) is 6.25. The number of benzene rings is 1. The number of aromatic nitrogens is 2. The Kier molecular flexibility index (Phi) is 8.40. The van der Waals surface area contributed by atoms with Gasteiger partial charge in [0, 0.05) is 42.4 Å². The normalized spacial score (nSPS) is 16.2. The molecule has 0 spiro atoms. The minimum absolute atomic E-state index is 0.0402. The van der Waals surface area contributed by atoms with Crippen LogP contribution in [0.15, 0.2) is 67.1 Å². The lowest BCUT2D eigenvalue weighted by Gasteiger charge is -2.38. The van der Waals surface area contributed by atoms with Crippen molar-refractivity contribution in [3.63, 3.8) is 0 Å². The maximum absolute atomic E-state index is 14.2. The summed E-state index contributed by atoms with van der Waals surface area (Å²) in [6, 6.07) is 9.27. The summed E-state index contributed by atoms with van der Waals surface area (Å²) in [5, 5.41) is 8.20. The molecule has 1 fully saturated rings. The van der Waals surface area contributed by atoms with Crippen molar-refractivity contribution in [3.8, 4) is 0 Å². The molecule has 0 saturated carbocycles. The van der Waals surface area contributed by atoms with E-state index in [-0.39, 0.29) is 17.1 Å². The minimum Gasteiger partial charge on any atom is -0.365 e. The highest BCUT2D eigenvalue weighted by Crippen LogP contribution is 2.53. The fourth-order valence-electron chi connectivity index (χ4n) is 4.29. The van der Waals surface area contributed by atoms with E-state index in [2.05, 4.69) is 25.9 Å². The van der Waals surface area contributed by atoms with Gasteiger partial charge in [-0.1, -0.05) is 12.1 Å². The molecule has 13 heteroatoms. The van der Waals surface area contributed by atoms with E-state index in [1.54, 1.807) is 24.5 Å². The molecule has 1 saturated heterocycles. The van der Waals surface area contributed by atoms with Gasteiger partial charge >= 0.3 is 12.4 Å². The molecule has 1 unspecified atom stereocenters. The molecule has 208 valence electrons. The third kappa shape index (κ3) is 6.31. The number of anilines is 2. The molecule has 1 amide bonds. The van der Waals surface area contributed by atoms with Gasteiger partial charge in [0.05, 0.1) is 12.2 Å². The second-order valence-corrected chi connectivity index (χ2v) is 8.92. The number of carbonyl (C=O) groups excluding carboxylic acids is 1. The van der Waals surface area contributed by atoms with Gasteiger partial charge in [-0.05, 0) is 61.3 Å². The standard InChI is InChI=1S/C26H25F6N5O2/c27-25(28,29)24(26(30,31)32,39-16-20-6-2-10-34-20)18-4-1-5-19(14-18)37-23(38)21-7-3-11-35-22(21)36-15-17-8-12-33-13-9-17/h1,3-5,7-9,11-14,20,34H,2,6,10,15-16H2,(H,35,36)(H,37,38). The number of rotatable bonds is 9. The Hall–Kier alpha value is -3.71. The molecular weight excluding hydrogens is 528 g/mol. The van der Waals surface area contributed by atoms with Gasteiger partial charge < -0.3 is 20.7 Å². The fourth-order valence-corrected chi connectivity index (χ4v) is 4.29. The summed E-state index contributed by atoms with van der Waals surface area (Å²) < 4.78 is 89.9. The van der Waals surface area contributed by atoms with E-state index >= 15 is 0 Å². The van der Waals surface area contributed by atoms with E-state index in [1.165, 1.54) is 24.4 Å². The number of amides is 1. The molecular formula is C26H25F6N5O2. The number of carbonyl (C=O) groups is 1. The molecule has 1 aromatic carbocycles. The van der Waals surface area contributed by atoms with Crippen molar-refractivity contribution in [2.45, 2.75) is 43.4 Å². The lowest BCUT2D eigenvalue weighted by atomic mass is 9.91. The van der Waals surface area contributed by atoms with E-state index in [9.17, 15) is 31.1 Å². The van der Waals surface area contributed by atoms with Crippen LogP contribution in [-0.2, 0) is 16.9 Å². The van der Waals surface area contributed by atoms with Crippen LogP contribution in [0, 0.1) is 0 Å². The largest absolute Gasteiger partial charge is 0.430 e. The summed E-state index contributed by atoms with van der Waals surface area (Å²) in [7, 11) is 0. The van der Waals surface area contributed by atoms with Crippen LogP contribution in [0.25, 0.3) is 0 Å². The SMILES string of the molecule is O=C(Nc1cccc(C(OCC2CCCN2)(C(F)(F)F)C(F)(F)F)c1)c1cccnc1NCc1ccncc1. The minimum atomic E-state index is -5.83. The zero-order valence-corrected chi connectivity index (χ0v) is 20.4. The Labute approximate surface area is 220 Å². The molecule has 0 radical (unpaired) electrons. The molecule has 3 heterocycles. The van der Waals surface area contributed by atoms with Gasteiger partial charge in [0.2, 0.25) is 0 Å². The van der Waals surface area contributed by atoms with Gasteiger partial charge in [-0.3, -0.25) is 9.78 Å². The van der Waals surface area contributed by atoms with Crippen molar-refractivity contribution < 1.29 is 35.9 Å². The van der Waals surface area contributed by atoms with Gasteiger partial charge in [-0.15, -0.1) is 0 Å². The predicted octanol–water partition coefficient (Wildman–Crippen LogP) is 5.43. The lowest BCUT2D eigenvalue weighted by Crippen LogP contribution is -2.57. The second-order valence-electron chi connectivity index (χ2n) is 8.92. The van der Waals surface area contributed by atoms with Crippen LogP contribution in [0.3, 0.4) is 0 Å². The van der Waals surface area contributed by atoms with Crippen molar-refractivity contribution >= 4 is 17.4 Å². The maximum Gasteiger partial charge on any atom is 0.430 e. The topological polar surface area (TPSA) is 88.2 Å². The average Bonchev–Trinajstić information content (AvgIpc) is 3.41. The quantitative estimate of drug-likeness (QED) is 0.307. The highest BCUT2D eigenvalue weighted by Gasteiger charge is 2.73. The summed E-state index contributed by atoms with van der Waals surface area (Å²) in [5.74, 6) is -0.603. The Morgan fingerprint density at radius 3 is 2.41 bits per heavy atom. The van der Waals surface area contributed by atoms with Crippen molar-refractivity contribution in [1.82, 2.24) is 15.3 Å².